The molecule has 1 saturated heterocycles. The monoisotopic (exact) mass is 555 g/mol. The second-order valence-corrected chi connectivity index (χ2v) is 10.2. The summed E-state index contributed by atoms with van der Waals surface area (Å²) in [5.41, 5.74) is 3.95. The number of likely N-dealkylation sites (tertiary alicyclic amines) is 1. The van der Waals surface area contributed by atoms with Crippen LogP contribution in [0.5, 0.6) is 0 Å². The van der Waals surface area contributed by atoms with Gasteiger partial charge in [0.1, 0.15) is 0 Å². The van der Waals surface area contributed by atoms with Crippen molar-refractivity contribution >= 4 is 23.9 Å². The van der Waals surface area contributed by atoms with Gasteiger partial charge in [0.2, 0.25) is 11.9 Å². The number of hydrogen-bond donors (Lipinski definition) is 3. The number of aryl methyl sites for hydroxylation is 2. The fourth-order valence-electron chi connectivity index (χ4n) is 5.03. The van der Waals surface area contributed by atoms with E-state index in [4.69, 9.17) is 10.1 Å². The zero-order chi connectivity index (χ0) is 28.8. The van der Waals surface area contributed by atoms with E-state index in [0.717, 1.165) is 22.5 Å². The Bertz CT molecular complexity index is 1520. The molecule has 5 rings (SSSR count). The predicted molar refractivity (Wildman–Crippen MR) is 154 cm³/mol. The molecule has 4 aromatic rings. The van der Waals surface area contributed by atoms with Crippen LogP contribution >= 0.6 is 0 Å². The van der Waals surface area contributed by atoms with Crippen LogP contribution in [0.3, 0.4) is 0 Å². The van der Waals surface area contributed by atoms with Crippen LogP contribution in [-0.4, -0.2) is 66.4 Å². The van der Waals surface area contributed by atoms with Gasteiger partial charge in [-0.05, 0) is 55.5 Å². The SMILES string of the molecule is Cn1cc(-c2cccc(C(=O)Nc3nc(CCCC(=O)N4CCC(NC(=O)O)CC4)cn3-c3ccccc3)c2)cn1. The lowest BCUT2D eigenvalue weighted by atomic mass is 10.0. The van der Waals surface area contributed by atoms with E-state index in [-0.39, 0.29) is 17.9 Å². The van der Waals surface area contributed by atoms with Gasteiger partial charge in [0.05, 0.1) is 11.9 Å². The summed E-state index contributed by atoms with van der Waals surface area (Å²) in [5.74, 6) is 0.187. The average Bonchev–Trinajstić information content (AvgIpc) is 3.59. The van der Waals surface area contributed by atoms with Crippen LogP contribution in [0.4, 0.5) is 10.7 Å². The molecule has 0 saturated carbocycles. The number of carbonyl (C=O) groups is 3. The Morgan fingerprint density at radius 3 is 2.49 bits per heavy atom. The van der Waals surface area contributed by atoms with Crippen LogP contribution in [0.1, 0.15) is 41.7 Å². The van der Waals surface area contributed by atoms with Gasteiger partial charge < -0.3 is 15.3 Å². The highest BCUT2D eigenvalue weighted by molar-refractivity contribution is 6.04. The van der Waals surface area contributed by atoms with E-state index in [1.165, 1.54) is 0 Å². The van der Waals surface area contributed by atoms with Crippen LogP contribution in [0.2, 0.25) is 0 Å². The van der Waals surface area contributed by atoms with E-state index >= 15 is 0 Å². The summed E-state index contributed by atoms with van der Waals surface area (Å²) in [5, 5.41) is 18.6. The molecule has 2 aromatic heterocycles. The second kappa shape index (κ2) is 12.5. The Labute approximate surface area is 237 Å². The Morgan fingerprint density at radius 2 is 1.78 bits per heavy atom. The first-order chi connectivity index (χ1) is 19.9. The van der Waals surface area contributed by atoms with Crippen LogP contribution < -0.4 is 10.6 Å². The molecule has 11 heteroatoms. The quantitative estimate of drug-likeness (QED) is 0.285. The van der Waals surface area contributed by atoms with Gasteiger partial charge in [0, 0.05) is 61.8 Å². The fourth-order valence-corrected chi connectivity index (χ4v) is 5.03. The standard InChI is InChI=1S/C30H33N7O4/c1-35-19-23(18-31-35)21-7-5-8-22(17-21)28(39)34-29-32-25(20-37(29)26-10-3-2-4-11-26)9-6-12-27(38)36-15-13-24(14-16-36)33-30(40)41/h2-5,7-8,10-11,17-20,24,33H,6,9,12-16H2,1H3,(H,40,41)(H,32,34,39). The molecule has 0 aliphatic carbocycles. The number of piperidine rings is 1. The van der Waals surface area contributed by atoms with Gasteiger partial charge >= 0.3 is 6.09 Å². The lowest BCUT2D eigenvalue weighted by Crippen LogP contribution is -2.46. The first-order valence-electron chi connectivity index (χ1n) is 13.7. The minimum atomic E-state index is -1.03. The van der Waals surface area contributed by atoms with Crippen LogP contribution in [0, 0.1) is 0 Å². The summed E-state index contributed by atoms with van der Waals surface area (Å²) in [6.07, 6.45) is 7.31. The minimum Gasteiger partial charge on any atom is -0.465 e. The molecule has 0 bridgehead atoms. The number of nitrogens with one attached hydrogen (secondary N) is 2. The summed E-state index contributed by atoms with van der Waals surface area (Å²) in [6, 6.07) is 16.9. The van der Waals surface area contributed by atoms with Gasteiger partial charge in [-0.25, -0.2) is 9.78 Å². The number of carboxylic acid groups (broad SMARTS) is 1. The fraction of sp³-hybridized carbons (Fsp3) is 0.300. The number of para-hydroxylation sites is 1. The van der Waals surface area contributed by atoms with Gasteiger partial charge in [0.15, 0.2) is 0 Å². The number of benzene rings is 2. The third-order valence-electron chi connectivity index (χ3n) is 7.18. The molecular formula is C30H33N7O4. The van der Waals surface area contributed by atoms with Crippen LogP contribution in [-0.2, 0) is 18.3 Å². The Kier molecular flexibility index (Phi) is 8.42. The third-order valence-corrected chi connectivity index (χ3v) is 7.18. The molecular weight excluding hydrogens is 522 g/mol. The zero-order valence-electron chi connectivity index (χ0n) is 22.9. The maximum Gasteiger partial charge on any atom is 0.404 e. The third kappa shape index (κ3) is 6.99. The number of hydrogen-bond acceptors (Lipinski definition) is 5. The molecule has 3 heterocycles. The molecule has 41 heavy (non-hydrogen) atoms. The molecule has 0 atom stereocenters. The minimum absolute atomic E-state index is 0.0586. The van der Waals surface area contributed by atoms with Gasteiger partial charge in [-0.3, -0.25) is 24.2 Å². The van der Waals surface area contributed by atoms with E-state index < -0.39 is 6.09 Å². The Hall–Kier alpha value is -4.93. The summed E-state index contributed by atoms with van der Waals surface area (Å²) in [4.78, 5) is 43.4. The summed E-state index contributed by atoms with van der Waals surface area (Å²) in [6.45, 7) is 1.09. The van der Waals surface area contributed by atoms with Crippen molar-refractivity contribution in [3.8, 4) is 16.8 Å². The van der Waals surface area contributed by atoms with Gasteiger partial charge in [0.25, 0.3) is 5.91 Å². The van der Waals surface area contributed by atoms with Gasteiger partial charge in [-0.15, -0.1) is 0 Å². The number of nitrogens with zero attached hydrogens (tertiary/aromatic N) is 5. The smallest absolute Gasteiger partial charge is 0.404 e. The van der Waals surface area contributed by atoms with Crippen molar-refractivity contribution in [2.45, 2.75) is 38.1 Å². The number of anilines is 1. The molecule has 1 aliphatic heterocycles. The molecule has 0 unspecified atom stereocenters. The highest BCUT2D eigenvalue weighted by Crippen LogP contribution is 2.22. The molecule has 3 N–H and O–H groups in total. The van der Waals surface area contributed by atoms with Crippen molar-refractivity contribution in [2.75, 3.05) is 18.4 Å². The van der Waals surface area contributed by atoms with Gasteiger partial charge in [-0.2, -0.15) is 5.10 Å². The Morgan fingerprint density at radius 1 is 1.00 bits per heavy atom. The summed E-state index contributed by atoms with van der Waals surface area (Å²) < 4.78 is 3.57. The first-order valence-corrected chi connectivity index (χ1v) is 13.7. The summed E-state index contributed by atoms with van der Waals surface area (Å²) >= 11 is 0. The number of imidazole rings is 1. The molecule has 11 nitrogen and oxygen atoms in total. The molecule has 0 spiro atoms. The normalized spacial score (nSPS) is 13.6. The lowest BCUT2D eigenvalue weighted by Gasteiger charge is -2.31. The number of rotatable bonds is 9. The van der Waals surface area contributed by atoms with Crippen LogP contribution in [0.25, 0.3) is 16.8 Å². The molecule has 1 fully saturated rings. The maximum absolute atomic E-state index is 13.3. The second-order valence-electron chi connectivity index (χ2n) is 10.2. The topological polar surface area (TPSA) is 134 Å². The predicted octanol–water partition coefficient (Wildman–Crippen LogP) is 4.11. The molecule has 2 aromatic carbocycles. The van der Waals surface area contributed by atoms with Crippen molar-refractivity contribution < 1.29 is 19.5 Å². The van der Waals surface area contributed by atoms with Gasteiger partial charge in [-0.1, -0.05) is 30.3 Å². The van der Waals surface area contributed by atoms with E-state index in [1.807, 2.05) is 72.5 Å². The number of carbonyl (C=O) groups excluding carboxylic acids is 2. The Balaban J connectivity index is 1.24. The molecule has 212 valence electrons. The van der Waals surface area contributed by atoms with Crippen molar-refractivity contribution in [2.24, 2.45) is 7.05 Å². The average molecular weight is 556 g/mol. The lowest BCUT2D eigenvalue weighted by molar-refractivity contribution is -0.132. The van der Waals surface area contributed by atoms with Crippen molar-refractivity contribution in [3.63, 3.8) is 0 Å². The largest absolute Gasteiger partial charge is 0.465 e. The van der Waals surface area contributed by atoms with Crippen molar-refractivity contribution in [1.29, 1.82) is 0 Å². The number of aromatic nitrogens is 4. The molecule has 0 radical (unpaired) electrons. The highest BCUT2D eigenvalue weighted by Gasteiger charge is 2.23. The summed E-state index contributed by atoms with van der Waals surface area (Å²) in [7, 11) is 1.85. The van der Waals surface area contributed by atoms with E-state index in [2.05, 4.69) is 15.7 Å². The molecule has 1 aliphatic rings. The highest BCUT2D eigenvalue weighted by atomic mass is 16.4. The van der Waals surface area contributed by atoms with Crippen LogP contribution in [0.15, 0.2) is 73.2 Å². The van der Waals surface area contributed by atoms with E-state index in [0.29, 0.717) is 56.7 Å². The van der Waals surface area contributed by atoms with Crippen molar-refractivity contribution in [3.05, 3.63) is 84.4 Å². The maximum atomic E-state index is 13.3. The number of amides is 3. The van der Waals surface area contributed by atoms with Crippen molar-refractivity contribution in [1.82, 2.24) is 29.5 Å². The van der Waals surface area contributed by atoms with E-state index in [9.17, 15) is 14.4 Å². The van der Waals surface area contributed by atoms with E-state index in [1.54, 1.807) is 21.8 Å². The zero-order valence-corrected chi connectivity index (χ0v) is 22.9. The first kappa shape index (κ1) is 27.6. The molecule has 3 amide bonds.